The molecule has 0 saturated heterocycles. The zero-order valence-electron chi connectivity index (χ0n) is 17.5. The quantitative estimate of drug-likeness (QED) is 0.331. The second kappa shape index (κ2) is 13.0. The number of rotatable bonds is 10. The fraction of sp³-hybridized carbons (Fsp3) is 0.318. The van der Waals surface area contributed by atoms with Crippen molar-refractivity contribution in [1.82, 2.24) is 10.6 Å². The Morgan fingerprint density at radius 1 is 1.06 bits per heavy atom. The van der Waals surface area contributed by atoms with Gasteiger partial charge in [-0.05, 0) is 67.5 Å². The zero-order chi connectivity index (χ0) is 22.6. The highest BCUT2D eigenvalue weighted by Gasteiger charge is 2.15. The number of halogens is 1. The van der Waals surface area contributed by atoms with Crippen LogP contribution in [-0.4, -0.2) is 43.8 Å². The lowest BCUT2D eigenvalue weighted by Crippen LogP contribution is -2.34. The predicted octanol–water partition coefficient (Wildman–Crippen LogP) is 4.13. The zero-order valence-corrected chi connectivity index (χ0v) is 19.9. The predicted molar refractivity (Wildman–Crippen MR) is 129 cm³/mol. The van der Waals surface area contributed by atoms with E-state index in [0.717, 1.165) is 17.3 Å². The van der Waals surface area contributed by atoms with Gasteiger partial charge in [-0.15, -0.1) is 0 Å². The number of thiocarbonyl (C=S) groups is 1. The minimum absolute atomic E-state index is 0.142. The van der Waals surface area contributed by atoms with E-state index in [1.807, 2.05) is 13.0 Å². The third-order valence-corrected chi connectivity index (χ3v) is 4.79. The van der Waals surface area contributed by atoms with Crippen molar-refractivity contribution in [3.63, 3.8) is 0 Å². The second-order valence-corrected chi connectivity index (χ2v) is 7.90. The fourth-order valence-corrected chi connectivity index (χ4v) is 3.15. The maximum Gasteiger partial charge on any atom is 0.261 e. The Labute approximate surface area is 196 Å². The minimum Gasteiger partial charge on any atom is -0.493 e. The van der Waals surface area contributed by atoms with Gasteiger partial charge in [0.2, 0.25) is 0 Å². The maximum atomic E-state index is 12.7. The van der Waals surface area contributed by atoms with Crippen LogP contribution in [0.3, 0.4) is 0 Å². The molecule has 0 fully saturated rings. The van der Waals surface area contributed by atoms with Crippen molar-refractivity contribution in [1.29, 1.82) is 0 Å². The average molecular weight is 508 g/mol. The number of carbonyl (C=O) groups excluding carboxylic acids is 2. The van der Waals surface area contributed by atoms with E-state index in [-0.39, 0.29) is 16.9 Å². The molecule has 0 unspecified atom stereocenters. The van der Waals surface area contributed by atoms with E-state index in [1.165, 1.54) is 0 Å². The van der Waals surface area contributed by atoms with Gasteiger partial charge in [-0.2, -0.15) is 0 Å². The maximum absolute atomic E-state index is 12.7. The first-order chi connectivity index (χ1) is 14.9. The van der Waals surface area contributed by atoms with Crippen LogP contribution in [0.25, 0.3) is 0 Å². The molecule has 0 aliphatic rings. The molecule has 9 heteroatoms. The van der Waals surface area contributed by atoms with E-state index < -0.39 is 0 Å². The summed E-state index contributed by atoms with van der Waals surface area (Å²) in [6.07, 6.45) is 1.58. The third-order valence-electron chi connectivity index (χ3n) is 4.09. The molecule has 0 bridgehead atoms. The summed E-state index contributed by atoms with van der Waals surface area (Å²) in [4.78, 5) is 24.8. The Morgan fingerprint density at radius 2 is 1.81 bits per heavy atom. The Kier molecular flexibility index (Phi) is 10.4. The van der Waals surface area contributed by atoms with Gasteiger partial charge in [-0.25, -0.2) is 0 Å². The highest BCUT2D eigenvalue weighted by atomic mass is 79.9. The monoisotopic (exact) mass is 507 g/mol. The largest absolute Gasteiger partial charge is 0.493 e. The molecule has 3 N–H and O–H groups in total. The lowest BCUT2D eigenvalue weighted by molar-refractivity contribution is 0.0946. The van der Waals surface area contributed by atoms with E-state index in [1.54, 1.807) is 43.5 Å². The van der Waals surface area contributed by atoms with E-state index in [9.17, 15) is 9.59 Å². The van der Waals surface area contributed by atoms with Crippen molar-refractivity contribution in [2.75, 3.05) is 32.2 Å². The van der Waals surface area contributed by atoms with Crippen molar-refractivity contribution in [3.05, 3.63) is 58.1 Å². The lowest BCUT2D eigenvalue weighted by Gasteiger charge is -2.13. The number of carbonyl (C=O) groups is 2. The number of ether oxygens (including phenoxy) is 2. The molecule has 0 radical (unpaired) electrons. The van der Waals surface area contributed by atoms with Crippen LogP contribution >= 0.6 is 28.1 Å². The van der Waals surface area contributed by atoms with E-state index in [0.29, 0.717) is 42.3 Å². The van der Waals surface area contributed by atoms with Gasteiger partial charge in [0.1, 0.15) is 5.75 Å². The Bertz CT molecular complexity index is 906. The summed E-state index contributed by atoms with van der Waals surface area (Å²) in [5.74, 6) is -0.0454. The molecular formula is C22H26BrN3O4S. The van der Waals surface area contributed by atoms with E-state index >= 15 is 0 Å². The normalized spacial score (nSPS) is 10.3. The van der Waals surface area contributed by atoms with Crippen molar-refractivity contribution >= 4 is 50.8 Å². The van der Waals surface area contributed by atoms with Crippen LogP contribution in [0.15, 0.2) is 46.9 Å². The smallest absolute Gasteiger partial charge is 0.261 e. The topological polar surface area (TPSA) is 88.7 Å². The summed E-state index contributed by atoms with van der Waals surface area (Å²) in [7, 11) is 1.62. The van der Waals surface area contributed by atoms with Crippen molar-refractivity contribution < 1.29 is 19.1 Å². The Morgan fingerprint density at radius 3 is 2.48 bits per heavy atom. The standard InChI is InChI=1S/C22H26BrN3O4S/c1-3-12-30-19-10-7-16(23)14-18(19)21(28)26-22(31)25-17-8-5-15(6-9-17)20(27)24-11-4-13-29-2/h5-10,14H,3-4,11-13H2,1-2H3,(H,24,27)(H2,25,26,28,31). The van der Waals surface area contributed by atoms with Crippen LogP contribution < -0.4 is 20.7 Å². The summed E-state index contributed by atoms with van der Waals surface area (Å²) >= 11 is 8.63. The molecule has 2 amide bonds. The highest BCUT2D eigenvalue weighted by molar-refractivity contribution is 9.10. The summed E-state index contributed by atoms with van der Waals surface area (Å²) in [5, 5.41) is 8.57. The van der Waals surface area contributed by atoms with Gasteiger partial charge in [-0.1, -0.05) is 22.9 Å². The molecule has 0 saturated carbocycles. The highest BCUT2D eigenvalue weighted by Crippen LogP contribution is 2.23. The van der Waals surface area contributed by atoms with Gasteiger partial charge in [0.05, 0.1) is 12.2 Å². The number of hydrogen-bond donors (Lipinski definition) is 3. The SMILES string of the molecule is CCCOc1ccc(Br)cc1C(=O)NC(=S)Nc1ccc(C(=O)NCCCOC)cc1. The van der Waals surface area contributed by atoms with Gasteiger partial charge in [-0.3, -0.25) is 14.9 Å². The first-order valence-corrected chi connectivity index (χ1v) is 11.1. The molecule has 2 aromatic rings. The summed E-state index contributed by atoms with van der Waals surface area (Å²) in [6, 6.07) is 12.0. The number of hydrogen-bond acceptors (Lipinski definition) is 5. The van der Waals surface area contributed by atoms with Crippen molar-refractivity contribution in [3.8, 4) is 5.75 Å². The van der Waals surface area contributed by atoms with Crippen LogP contribution in [0.4, 0.5) is 5.69 Å². The first-order valence-electron chi connectivity index (χ1n) is 9.86. The fourth-order valence-electron chi connectivity index (χ4n) is 2.58. The number of methoxy groups -OCH3 is 1. The number of amides is 2. The number of benzene rings is 2. The molecule has 166 valence electrons. The molecule has 0 atom stereocenters. The van der Waals surface area contributed by atoms with Crippen LogP contribution in [0.2, 0.25) is 0 Å². The summed E-state index contributed by atoms with van der Waals surface area (Å²) in [5.41, 5.74) is 1.56. The van der Waals surface area contributed by atoms with Gasteiger partial charge in [0, 0.05) is 36.0 Å². The van der Waals surface area contributed by atoms with Crippen LogP contribution in [0.5, 0.6) is 5.75 Å². The van der Waals surface area contributed by atoms with Gasteiger partial charge < -0.3 is 20.1 Å². The molecule has 0 aliphatic heterocycles. The minimum atomic E-state index is -0.378. The Balaban J connectivity index is 1.93. The second-order valence-electron chi connectivity index (χ2n) is 6.58. The average Bonchev–Trinajstić information content (AvgIpc) is 2.76. The molecule has 0 aliphatic carbocycles. The molecule has 7 nitrogen and oxygen atoms in total. The first kappa shape index (κ1) is 24.8. The van der Waals surface area contributed by atoms with Crippen LogP contribution in [0.1, 0.15) is 40.5 Å². The number of anilines is 1. The van der Waals surface area contributed by atoms with Gasteiger partial charge in [0.15, 0.2) is 5.11 Å². The van der Waals surface area contributed by atoms with E-state index in [4.69, 9.17) is 21.7 Å². The molecule has 0 heterocycles. The van der Waals surface area contributed by atoms with E-state index in [2.05, 4.69) is 31.9 Å². The Hall–Kier alpha value is -2.49. The van der Waals surface area contributed by atoms with Crippen LogP contribution in [-0.2, 0) is 4.74 Å². The summed E-state index contributed by atoms with van der Waals surface area (Å²) in [6.45, 7) is 3.64. The summed E-state index contributed by atoms with van der Waals surface area (Å²) < 4.78 is 11.4. The molecule has 0 spiro atoms. The molecule has 0 aromatic heterocycles. The van der Waals surface area contributed by atoms with Crippen molar-refractivity contribution in [2.45, 2.75) is 19.8 Å². The van der Waals surface area contributed by atoms with Gasteiger partial charge >= 0.3 is 0 Å². The van der Waals surface area contributed by atoms with Crippen molar-refractivity contribution in [2.24, 2.45) is 0 Å². The number of nitrogens with one attached hydrogen (secondary N) is 3. The lowest BCUT2D eigenvalue weighted by atomic mass is 10.2. The van der Waals surface area contributed by atoms with Gasteiger partial charge in [0.25, 0.3) is 11.8 Å². The van der Waals surface area contributed by atoms with Crippen LogP contribution in [0, 0.1) is 0 Å². The third kappa shape index (κ3) is 8.28. The molecule has 2 aromatic carbocycles. The molecule has 31 heavy (non-hydrogen) atoms. The molecule has 2 rings (SSSR count). The molecular weight excluding hydrogens is 482 g/mol.